The molecular formula is C19H19BrN4O5. The second kappa shape index (κ2) is 9.78. The highest BCUT2D eigenvalue weighted by atomic mass is 79.9. The minimum atomic E-state index is -0.859. The van der Waals surface area contributed by atoms with Gasteiger partial charge in [-0.3, -0.25) is 19.7 Å². The SMILES string of the molecule is CC(C)[C@@H](NC(=O)c1ccc(Br)cc1)C(=O)N/N=C/c1cc([N+](=O)[O-])ccc1O. The van der Waals surface area contributed by atoms with Crippen LogP contribution in [0.3, 0.4) is 0 Å². The number of nitrogens with one attached hydrogen (secondary N) is 2. The summed E-state index contributed by atoms with van der Waals surface area (Å²) in [5.74, 6) is -1.42. The number of nitrogens with zero attached hydrogens (tertiary/aromatic N) is 2. The molecule has 1 atom stereocenters. The van der Waals surface area contributed by atoms with Crippen LogP contribution >= 0.6 is 15.9 Å². The lowest BCUT2D eigenvalue weighted by atomic mass is 10.0. The average Bonchev–Trinajstić information content (AvgIpc) is 2.67. The van der Waals surface area contributed by atoms with Crippen LogP contribution in [0.15, 0.2) is 52.0 Å². The van der Waals surface area contributed by atoms with Crippen LogP contribution in [0.4, 0.5) is 5.69 Å². The lowest BCUT2D eigenvalue weighted by Crippen LogP contribution is -2.48. The Morgan fingerprint density at radius 1 is 1.21 bits per heavy atom. The summed E-state index contributed by atoms with van der Waals surface area (Å²) in [7, 11) is 0. The second-order valence-electron chi connectivity index (χ2n) is 6.44. The number of carbonyl (C=O) groups excluding carboxylic acids is 2. The molecule has 0 radical (unpaired) electrons. The predicted octanol–water partition coefficient (Wildman–Crippen LogP) is 2.97. The van der Waals surface area contributed by atoms with Crippen LogP contribution in [0.25, 0.3) is 0 Å². The van der Waals surface area contributed by atoms with Gasteiger partial charge >= 0.3 is 0 Å². The standard InChI is InChI=1S/C19H19BrN4O5/c1-11(2)17(22-18(26)12-3-5-14(20)6-4-12)19(27)23-21-10-13-9-15(24(28)29)7-8-16(13)25/h3-11,17,25H,1-2H3,(H,22,26)(H,23,27)/b21-10+/t17-/m1/s1. The van der Waals surface area contributed by atoms with Crippen LogP contribution in [0.1, 0.15) is 29.8 Å². The highest BCUT2D eigenvalue weighted by molar-refractivity contribution is 9.10. The van der Waals surface area contributed by atoms with E-state index in [1.807, 2.05) is 0 Å². The third kappa shape index (κ3) is 6.11. The summed E-state index contributed by atoms with van der Waals surface area (Å²) in [6.45, 7) is 3.53. The molecule has 29 heavy (non-hydrogen) atoms. The van der Waals surface area contributed by atoms with E-state index < -0.39 is 22.8 Å². The number of halogens is 1. The maximum atomic E-state index is 12.4. The fourth-order valence-corrected chi connectivity index (χ4v) is 2.62. The molecule has 0 spiro atoms. The van der Waals surface area contributed by atoms with Crippen molar-refractivity contribution in [2.45, 2.75) is 19.9 Å². The quantitative estimate of drug-likeness (QED) is 0.330. The topological polar surface area (TPSA) is 134 Å². The van der Waals surface area contributed by atoms with Crippen molar-refractivity contribution in [2.24, 2.45) is 11.0 Å². The Morgan fingerprint density at radius 3 is 2.45 bits per heavy atom. The number of hydrogen-bond acceptors (Lipinski definition) is 6. The fraction of sp³-hybridized carbons (Fsp3) is 0.211. The van der Waals surface area contributed by atoms with Gasteiger partial charge in [0.1, 0.15) is 11.8 Å². The number of nitro benzene ring substituents is 1. The maximum absolute atomic E-state index is 12.4. The van der Waals surface area contributed by atoms with E-state index in [4.69, 9.17) is 0 Å². The molecule has 3 N–H and O–H groups in total. The Hall–Kier alpha value is -3.27. The number of non-ortho nitro benzene ring substituents is 1. The minimum Gasteiger partial charge on any atom is -0.507 e. The van der Waals surface area contributed by atoms with Crippen LogP contribution < -0.4 is 10.7 Å². The van der Waals surface area contributed by atoms with Gasteiger partial charge in [0.2, 0.25) is 0 Å². The maximum Gasteiger partial charge on any atom is 0.270 e. The summed E-state index contributed by atoms with van der Waals surface area (Å²) in [4.78, 5) is 35.0. The van der Waals surface area contributed by atoms with E-state index in [0.717, 1.165) is 28.9 Å². The molecule has 152 valence electrons. The predicted molar refractivity (Wildman–Crippen MR) is 111 cm³/mol. The van der Waals surface area contributed by atoms with Crippen molar-refractivity contribution in [3.8, 4) is 5.75 Å². The Bertz CT molecular complexity index is 944. The lowest BCUT2D eigenvalue weighted by molar-refractivity contribution is -0.384. The smallest absolute Gasteiger partial charge is 0.270 e. The molecule has 0 aliphatic heterocycles. The molecule has 0 saturated carbocycles. The van der Waals surface area contributed by atoms with Crippen molar-refractivity contribution < 1.29 is 19.6 Å². The Morgan fingerprint density at radius 2 is 1.86 bits per heavy atom. The molecule has 0 bridgehead atoms. The Labute approximate surface area is 175 Å². The molecule has 0 aliphatic carbocycles. The van der Waals surface area contributed by atoms with E-state index in [2.05, 4.69) is 31.8 Å². The first kappa shape index (κ1) is 22.0. The van der Waals surface area contributed by atoms with Gasteiger partial charge in [0.05, 0.1) is 11.1 Å². The molecule has 0 unspecified atom stereocenters. The van der Waals surface area contributed by atoms with Crippen LogP contribution in [0, 0.1) is 16.0 Å². The molecule has 0 aliphatic rings. The average molecular weight is 463 g/mol. The van der Waals surface area contributed by atoms with E-state index in [0.29, 0.717) is 5.56 Å². The van der Waals surface area contributed by atoms with Crippen molar-refractivity contribution in [1.82, 2.24) is 10.7 Å². The van der Waals surface area contributed by atoms with Gasteiger partial charge in [-0.05, 0) is 36.2 Å². The van der Waals surface area contributed by atoms with Gasteiger partial charge in [-0.25, -0.2) is 5.43 Å². The van der Waals surface area contributed by atoms with Gasteiger partial charge in [-0.15, -0.1) is 0 Å². The van der Waals surface area contributed by atoms with Gasteiger partial charge in [0.25, 0.3) is 17.5 Å². The third-order valence-corrected chi connectivity index (χ3v) is 4.47. The number of hydrogen-bond donors (Lipinski definition) is 3. The first-order valence-electron chi connectivity index (χ1n) is 8.55. The highest BCUT2D eigenvalue weighted by Crippen LogP contribution is 2.21. The molecule has 2 aromatic carbocycles. The first-order valence-corrected chi connectivity index (χ1v) is 9.35. The lowest BCUT2D eigenvalue weighted by Gasteiger charge is -2.20. The van der Waals surface area contributed by atoms with Crippen LogP contribution in [0.2, 0.25) is 0 Å². The van der Waals surface area contributed by atoms with Crippen molar-refractivity contribution in [3.63, 3.8) is 0 Å². The normalized spacial score (nSPS) is 12.0. The van der Waals surface area contributed by atoms with Gasteiger partial charge in [0.15, 0.2) is 0 Å². The van der Waals surface area contributed by atoms with E-state index in [-0.39, 0.29) is 22.9 Å². The Kier molecular flexibility index (Phi) is 7.43. The molecule has 0 saturated heterocycles. The van der Waals surface area contributed by atoms with Gasteiger partial charge in [-0.1, -0.05) is 29.8 Å². The number of rotatable bonds is 7. The number of amides is 2. The summed E-state index contributed by atoms with van der Waals surface area (Å²) in [5, 5.41) is 27.0. The van der Waals surface area contributed by atoms with Gasteiger partial charge in [-0.2, -0.15) is 5.10 Å². The second-order valence-corrected chi connectivity index (χ2v) is 7.35. The molecule has 2 amide bonds. The first-order chi connectivity index (χ1) is 13.7. The number of hydrazone groups is 1. The molecule has 2 aromatic rings. The molecule has 2 rings (SSSR count). The van der Waals surface area contributed by atoms with E-state index in [1.165, 1.54) is 0 Å². The zero-order valence-corrected chi connectivity index (χ0v) is 17.2. The summed E-state index contributed by atoms with van der Waals surface area (Å²) in [6, 6.07) is 9.26. The molecule has 10 heteroatoms. The summed E-state index contributed by atoms with van der Waals surface area (Å²) in [5.41, 5.74) is 2.53. The molecular weight excluding hydrogens is 444 g/mol. The fourth-order valence-electron chi connectivity index (χ4n) is 2.35. The summed E-state index contributed by atoms with van der Waals surface area (Å²) < 4.78 is 0.825. The largest absolute Gasteiger partial charge is 0.507 e. The van der Waals surface area contributed by atoms with Gasteiger partial charge in [0, 0.05) is 27.7 Å². The van der Waals surface area contributed by atoms with Crippen LogP contribution in [-0.2, 0) is 4.79 Å². The number of aromatic hydroxyl groups is 1. The summed E-state index contributed by atoms with van der Waals surface area (Å²) in [6.07, 6.45) is 1.09. The number of benzene rings is 2. The van der Waals surface area contributed by atoms with Crippen LogP contribution in [-0.4, -0.2) is 34.1 Å². The zero-order chi connectivity index (χ0) is 21.6. The molecule has 0 heterocycles. The van der Waals surface area contributed by atoms with Crippen LogP contribution in [0.5, 0.6) is 5.75 Å². The molecule has 0 fully saturated rings. The summed E-state index contributed by atoms with van der Waals surface area (Å²) >= 11 is 3.29. The van der Waals surface area contributed by atoms with E-state index >= 15 is 0 Å². The van der Waals surface area contributed by atoms with Crippen molar-refractivity contribution >= 4 is 39.6 Å². The highest BCUT2D eigenvalue weighted by Gasteiger charge is 2.24. The Balaban J connectivity index is 2.07. The van der Waals surface area contributed by atoms with Gasteiger partial charge < -0.3 is 10.4 Å². The van der Waals surface area contributed by atoms with E-state index in [1.54, 1.807) is 38.1 Å². The van der Waals surface area contributed by atoms with Crippen molar-refractivity contribution in [1.29, 1.82) is 0 Å². The van der Waals surface area contributed by atoms with Crippen molar-refractivity contribution in [2.75, 3.05) is 0 Å². The number of carbonyl (C=O) groups is 2. The van der Waals surface area contributed by atoms with Crippen molar-refractivity contribution in [3.05, 3.63) is 68.2 Å². The monoisotopic (exact) mass is 462 g/mol. The molecule has 0 aromatic heterocycles. The number of phenolic OH excluding ortho intramolecular Hbond substituents is 1. The minimum absolute atomic E-state index is 0.0690. The third-order valence-electron chi connectivity index (χ3n) is 3.94. The molecule has 9 nitrogen and oxygen atoms in total. The number of phenols is 1. The zero-order valence-electron chi connectivity index (χ0n) is 15.6. The van der Waals surface area contributed by atoms with E-state index in [9.17, 15) is 24.8 Å². The number of nitro groups is 1.